The molecule has 0 unspecified atom stereocenters. The summed E-state index contributed by atoms with van der Waals surface area (Å²) in [7, 11) is 0. The molecule has 0 saturated carbocycles. The summed E-state index contributed by atoms with van der Waals surface area (Å²) in [6.07, 6.45) is 0. The number of aliphatic hydroxyl groups excluding tert-OH is 1. The van der Waals surface area contributed by atoms with E-state index in [4.69, 9.17) is 1.43 Å². The van der Waals surface area contributed by atoms with Crippen molar-refractivity contribution in [2.24, 2.45) is 0 Å². The van der Waals surface area contributed by atoms with Crippen molar-refractivity contribution >= 4 is 37.9 Å². The highest BCUT2D eigenvalue weighted by Crippen LogP contribution is 1.78. The van der Waals surface area contributed by atoms with E-state index < -0.39 is 0 Å². The Morgan fingerprint density at radius 3 is 2.75 bits per heavy atom. The standard InChI is InChI=1S/CHIOS/c2-1(3)4/h(H,3,4)/i/hD. The van der Waals surface area contributed by atoms with Crippen LogP contribution in [0, 0.1) is 0 Å². The summed E-state index contributed by atoms with van der Waals surface area (Å²) in [6.45, 7) is 0. The molecule has 0 spiro atoms. The molecule has 3 heteroatoms. The van der Waals surface area contributed by atoms with E-state index >= 15 is 0 Å². The Morgan fingerprint density at radius 2 is 2.75 bits per heavy atom. The summed E-state index contributed by atoms with van der Waals surface area (Å²) in [5, 5.41) is 3.72. The molecule has 0 bridgehead atoms. The Morgan fingerprint density at radius 1 is 2.50 bits per heavy atom. The minimum atomic E-state index is 0.225. The van der Waals surface area contributed by atoms with E-state index in [1.54, 1.807) is 22.6 Å². The summed E-state index contributed by atoms with van der Waals surface area (Å²) in [4.78, 5) is 0. The van der Waals surface area contributed by atoms with Crippen LogP contribution in [-0.2, 0) is 0 Å². The van der Waals surface area contributed by atoms with E-state index in [0.29, 0.717) is 0 Å². The molecule has 0 atom stereocenters. The van der Waals surface area contributed by atoms with Gasteiger partial charge in [-0.25, -0.2) is 0 Å². The van der Waals surface area contributed by atoms with Gasteiger partial charge < -0.3 is 5.11 Å². The molecule has 1 nitrogen and oxygen atoms in total. The van der Waals surface area contributed by atoms with Crippen LogP contribution in [0.1, 0.15) is 0 Å². The fourth-order valence-electron chi connectivity index (χ4n) is 0. The zero-order valence-electron chi connectivity index (χ0n) is 2.69. The molecule has 0 aromatic rings. The van der Waals surface area contributed by atoms with E-state index in [9.17, 15) is 0 Å². The van der Waals surface area contributed by atoms with Crippen molar-refractivity contribution in [1.82, 2.24) is 0 Å². The molecule has 0 aromatic heterocycles. The number of thiocarbonyl (C=S) groups is 1. The number of rotatable bonds is 0. The predicted molar refractivity (Wildman–Crippen MR) is 29.2 cm³/mol. The van der Waals surface area contributed by atoms with Crippen LogP contribution < -0.4 is 0 Å². The topological polar surface area (TPSA) is 20.2 Å². The van der Waals surface area contributed by atoms with Gasteiger partial charge in [-0.3, -0.25) is 0 Å². The Balaban J connectivity index is 2.85. The first-order valence-electron chi connectivity index (χ1n) is 1.01. The van der Waals surface area contributed by atoms with Crippen LogP contribution in [0.2, 0.25) is 0 Å². The Bertz CT molecular complexity index is 46.9. The van der Waals surface area contributed by atoms with Crippen LogP contribution in [0.25, 0.3) is 1.43 Å². The van der Waals surface area contributed by atoms with Gasteiger partial charge in [0.25, 0.3) is 1.43 Å². The van der Waals surface area contributed by atoms with Crippen molar-refractivity contribution in [1.29, 1.82) is 1.43 Å². The molecular formula is CHIOS. The molecule has 0 aromatic carbocycles. The largest absolute Gasteiger partial charge is 0.495 e. The van der Waals surface area contributed by atoms with Crippen molar-refractivity contribution in [2.75, 3.05) is 0 Å². The van der Waals surface area contributed by atoms with Crippen molar-refractivity contribution < 1.29 is 5.11 Å². The van der Waals surface area contributed by atoms with Gasteiger partial charge in [0.2, 0.25) is 3.06 Å². The first-order valence-corrected chi connectivity index (χ1v) is 2.08. The lowest BCUT2D eigenvalue weighted by Crippen LogP contribution is -1.64. The minimum Gasteiger partial charge on any atom is -0.495 e. The average molecular weight is 189 g/mol. The molecule has 0 saturated heterocycles. The lowest BCUT2D eigenvalue weighted by molar-refractivity contribution is 0.590. The van der Waals surface area contributed by atoms with Gasteiger partial charge >= 0.3 is 0 Å². The van der Waals surface area contributed by atoms with Gasteiger partial charge in [-0.1, -0.05) is 0 Å². The number of hydrogen-bond acceptors (Lipinski definition) is 2. The molecule has 0 radical (unpaired) electrons. The molecule has 0 heterocycles. The van der Waals surface area contributed by atoms with Gasteiger partial charge in [0, 0.05) is 22.6 Å². The minimum absolute atomic E-state index is 0.225. The van der Waals surface area contributed by atoms with Crippen LogP contribution in [0.5, 0.6) is 0 Å². The molecule has 1 N–H and O–H groups in total. The van der Waals surface area contributed by atoms with Crippen LogP contribution in [0.15, 0.2) is 0 Å². The quantitative estimate of drug-likeness (QED) is 0.351. The third kappa shape index (κ3) is 17.9. The fourth-order valence-corrected chi connectivity index (χ4v) is 0. The van der Waals surface area contributed by atoms with E-state index in [2.05, 4.69) is 17.3 Å². The molecule has 0 aliphatic carbocycles. The van der Waals surface area contributed by atoms with Crippen LogP contribution in [0.3, 0.4) is 0 Å². The van der Waals surface area contributed by atoms with Crippen LogP contribution in [0.4, 0.5) is 0 Å². The van der Waals surface area contributed by atoms with Crippen molar-refractivity contribution in [3.8, 4) is 0 Å². The first-order chi connectivity index (χ1) is 2.27. The summed E-state index contributed by atoms with van der Waals surface area (Å²) >= 11 is 6.00. The fraction of sp³-hybridized carbons (Fsp3) is 0. The van der Waals surface area contributed by atoms with Crippen molar-refractivity contribution in [3.05, 3.63) is 0 Å². The van der Waals surface area contributed by atoms with Crippen LogP contribution >= 0.6 is 34.8 Å². The van der Waals surface area contributed by atoms with Gasteiger partial charge in [0.15, 0.2) is 0 Å². The van der Waals surface area contributed by atoms with Gasteiger partial charge in [0.05, 0.1) is 0 Å². The normalized spacial score (nSPS) is 8.75. The average Bonchev–Trinajstić information content (AvgIpc) is 1.38. The van der Waals surface area contributed by atoms with Crippen molar-refractivity contribution in [3.63, 3.8) is 0 Å². The Kier molecular flexibility index (Phi) is 1.34. The van der Waals surface area contributed by atoms with E-state index in [1.807, 2.05) is 0 Å². The third-order valence-electron chi connectivity index (χ3n) is 0. The van der Waals surface area contributed by atoms with Gasteiger partial charge in [-0.05, 0) is 12.2 Å². The molecule has 4 heavy (non-hydrogen) atoms. The number of halogens is 1. The monoisotopic (exact) mass is 189 g/mol. The maximum absolute atomic E-state index is 6.01. The maximum atomic E-state index is 6.01. The molecular weight excluding hydrogens is 187 g/mol. The van der Waals surface area contributed by atoms with E-state index in [-0.39, 0.29) is 3.06 Å². The number of aliphatic hydroxyl groups is 1. The number of hydrogen-bond donors (Lipinski definition) is 1. The summed E-state index contributed by atoms with van der Waals surface area (Å²) in [5.41, 5.74) is 0. The van der Waals surface area contributed by atoms with Gasteiger partial charge in [-0.15, -0.1) is 0 Å². The zero-order chi connectivity index (χ0) is 4.28. The van der Waals surface area contributed by atoms with E-state index in [1.165, 1.54) is 0 Å². The molecule has 0 fully saturated rings. The SMILES string of the molecule is [2H]OC(=S)I. The summed E-state index contributed by atoms with van der Waals surface area (Å²) in [6, 6.07) is 0. The van der Waals surface area contributed by atoms with Crippen LogP contribution in [-0.4, -0.2) is 8.17 Å². The zero-order valence-corrected chi connectivity index (χ0v) is 4.67. The third-order valence-corrected chi connectivity index (χ3v) is 0. The predicted octanol–water partition coefficient (Wildman–Crippen LogP) is 1.26. The Labute approximate surface area is 44.6 Å². The molecule has 0 amide bonds. The van der Waals surface area contributed by atoms with E-state index in [0.717, 1.165) is 0 Å². The first kappa shape index (κ1) is 2.84. The van der Waals surface area contributed by atoms with Gasteiger partial charge in [0.1, 0.15) is 0 Å². The lowest BCUT2D eigenvalue weighted by Gasteiger charge is -1.61. The Hall–Kier alpha value is 0.620. The molecule has 0 rings (SSSR count). The second-order valence-corrected chi connectivity index (χ2v) is 2.32. The second kappa shape index (κ2) is 1.90. The molecule has 24 valence electrons. The maximum Gasteiger partial charge on any atom is 0.295 e. The summed E-state index contributed by atoms with van der Waals surface area (Å²) in [5.74, 6) is 0. The highest BCUT2D eigenvalue weighted by Gasteiger charge is 1.62. The van der Waals surface area contributed by atoms with Crippen molar-refractivity contribution in [2.45, 2.75) is 0 Å². The van der Waals surface area contributed by atoms with Gasteiger partial charge in [-0.2, -0.15) is 0 Å². The highest BCUT2D eigenvalue weighted by molar-refractivity contribution is 14.1. The second-order valence-electron chi connectivity index (χ2n) is 0.238. The highest BCUT2D eigenvalue weighted by atomic mass is 127. The molecule has 0 aliphatic rings. The smallest absolute Gasteiger partial charge is 0.295 e. The summed E-state index contributed by atoms with van der Waals surface area (Å²) < 4.78 is 6.23. The lowest BCUT2D eigenvalue weighted by atomic mass is 11.7. The molecule has 0 aliphatic heterocycles.